The van der Waals surface area contributed by atoms with Gasteiger partial charge in [0.05, 0.1) is 12.3 Å². The van der Waals surface area contributed by atoms with E-state index < -0.39 is 5.54 Å². The minimum atomic E-state index is -0.778. The first kappa shape index (κ1) is 21.4. The summed E-state index contributed by atoms with van der Waals surface area (Å²) < 4.78 is 2.01. The first-order valence-corrected chi connectivity index (χ1v) is 11.2. The quantitative estimate of drug-likeness (QED) is 0.647. The highest BCUT2D eigenvalue weighted by atomic mass is 32.2. The van der Waals surface area contributed by atoms with Crippen LogP contribution in [0.4, 0.5) is 0 Å². The van der Waals surface area contributed by atoms with Crippen LogP contribution < -0.4 is 10.6 Å². The van der Waals surface area contributed by atoms with Crippen LogP contribution in [-0.2, 0) is 16.1 Å². The van der Waals surface area contributed by atoms with Crippen molar-refractivity contribution in [1.29, 1.82) is 0 Å². The number of rotatable bonds is 8. The summed E-state index contributed by atoms with van der Waals surface area (Å²) in [5, 5.41) is 15.0. The van der Waals surface area contributed by atoms with Crippen LogP contribution in [-0.4, -0.2) is 44.4 Å². The normalized spacial score (nSPS) is 15.7. The maximum Gasteiger partial charge on any atom is 0.245 e. The highest BCUT2D eigenvalue weighted by Gasteiger charge is 2.40. The first-order valence-electron chi connectivity index (χ1n) is 10.2. The molecule has 1 aliphatic rings. The zero-order valence-corrected chi connectivity index (χ0v) is 17.9. The van der Waals surface area contributed by atoms with Crippen molar-refractivity contribution in [3.63, 3.8) is 0 Å². The van der Waals surface area contributed by atoms with Gasteiger partial charge in [-0.1, -0.05) is 61.4 Å². The first-order chi connectivity index (χ1) is 14.0. The summed E-state index contributed by atoms with van der Waals surface area (Å²) in [6, 6.07) is 10.1. The van der Waals surface area contributed by atoms with Crippen LogP contribution >= 0.6 is 11.8 Å². The van der Waals surface area contributed by atoms with Gasteiger partial charge >= 0.3 is 0 Å². The number of hydrogen-bond donors (Lipinski definition) is 2. The Bertz CT molecular complexity index is 831. The van der Waals surface area contributed by atoms with E-state index in [1.54, 1.807) is 0 Å². The molecule has 1 aliphatic carbocycles. The van der Waals surface area contributed by atoms with Crippen molar-refractivity contribution in [3.05, 3.63) is 41.7 Å². The van der Waals surface area contributed by atoms with Gasteiger partial charge in [-0.2, -0.15) is 0 Å². The summed E-state index contributed by atoms with van der Waals surface area (Å²) in [5.41, 5.74) is 0.374. The number of carbonyl (C=O) groups excluding carboxylic acids is 2. The second kappa shape index (κ2) is 9.91. The van der Waals surface area contributed by atoms with Crippen LogP contribution in [0, 0.1) is 6.92 Å². The van der Waals surface area contributed by atoms with E-state index in [2.05, 4.69) is 33.0 Å². The van der Waals surface area contributed by atoms with Crippen LogP contribution in [0.1, 0.15) is 50.4 Å². The summed E-state index contributed by atoms with van der Waals surface area (Å²) in [5.74, 6) is 0.799. The predicted molar refractivity (Wildman–Crippen MR) is 114 cm³/mol. The molecule has 8 heteroatoms. The molecule has 2 aromatic rings. The van der Waals surface area contributed by atoms with E-state index in [0.717, 1.165) is 30.7 Å². The Morgan fingerprint density at radius 1 is 1.14 bits per heavy atom. The monoisotopic (exact) mass is 415 g/mol. The fourth-order valence-corrected chi connectivity index (χ4v) is 4.53. The minimum absolute atomic E-state index is 0.0684. The Morgan fingerprint density at radius 2 is 1.86 bits per heavy atom. The Morgan fingerprint density at radius 3 is 2.55 bits per heavy atom. The molecule has 0 unspecified atom stereocenters. The molecule has 7 nitrogen and oxygen atoms in total. The second-order valence-corrected chi connectivity index (χ2v) is 8.38. The van der Waals surface area contributed by atoms with Gasteiger partial charge in [0, 0.05) is 6.54 Å². The highest BCUT2D eigenvalue weighted by molar-refractivity contribution is 7.99. The maximum atomic E-state index is 12.7. The van der Waals surface area contributed by atoms with Gasteiger partial charge in [-0.25, -0.2) is 0 Å². The molecule has 1 fully saturated rings. The standard InChI is InChI=1S/C21H29N5O2S/c1-3-22-19(28)21(12-8-5-9-13-21)23-18(27)15-29-20-25-24-16(2)26(20)14-17-10-6-4-7-11-17/h4,6-7,10-11H,3,5,8-9,12-15H2,1-2H3,(H,22,28)(H,23,27). The number of amides is 2. The lowest BCUT2D eigenvalue weighted by molar-refractivity contribution is -0.134. The number of benzene rings is 1. The zero-order valence-electron chi connectivity index (χ0n) is 17.1. The van der Waals surface area contributed by atoms with E-state index in [1.807, 2.05) is 36.6 Å². The Labute approximate surface area is 176 Å². The fraction of sp³-hybridized carbons (Fsp3) is 0.524. The summed E-state index contributed by atoms with van der Waals surface area (Å²) in [4.78, 5) is 25.3. The maximum absolute atomic E-state index is 12.7. The van der Waals surface area contributed by atoms with Crippen molar-refractivity contribution in [3.8, 4) is 0 Å². The molecule has 2 amide bonds. The van der Waals surface area contributed by atoms with E-state index >= 15 is 0 Å². The van der Waals surface area contributed by atoms with Crippen LogP contribution in [0.5, 0.6) is 0 Å². The molecule has 0 spiro atoms. The molecule has 0 atom stereocenters. The van der Waals surface area contributed by atoms with Crippen LogP contribution in [0.2, 0.25) is 0 Å². The van der Waals surface area contributed by atoms with Crippen molar-refractivity contribution in [2.75, 3.05) is 12.3 Å². The third-order valence-electron chi connectivity index (χ3n) is 5.28. The van der Waals surface area contributed by atoms with Gasteiger partial charge in [0.2, 0.25) is 11.8 Å². The number of aryl methyl sites for hydroxylation is 1. The van der Waals surface area contributed by atoms with Gasteiger partial charge in [0.25, 0.3) is 0 Å². The minimum Gasteiger partial charge on any atom is -0.354 e. The van der Waals surface area contributed by atoms with Crippen LogP contribution in [0.25, 0.3) is 0 Å². The van der Waals surface area contributed by atoms with Gasteiger partial charge < -0.3 is 15.2 Å². The van der Waals surface area contributed by atoms with E-state index in [-0.39, 0.29) is 17.6 Å². The topological polar surface area (TPSA) is 88.9 Å². The lowest BCUT2D eigenvalue weighted by Crippen LogP contribution is -2.60. The van der Waals surface area contributed by atoms with Gasteiger partial charge in [0.1, 0.15) is 11.4 Å². The highest BCUT2D eigenvalue weighted by Crippen LogP contribution is 2.29. The lowest BCUT2D eigenvalue weighted by Gasteiger charge is -2.36. The molecule has 1 heterocycles. The number of likely N-dealkylation sites (N-methyl/N-ethyl adjacent to an activating group) is 1. The molecule has 1 aromatic carbocycles. The van der Waals surface area contributed by atoms with E-state index in [0.29, 0.717) is 31.1 Å². The average Bonchev–Trinajstić information content (AvgIpc) is 3.07. The van der Waals surface area contributed by atoms with E-state index in [9.17, 15) is 9.59 Å². The summed E-state index contributed by atoms with van der Waals surface area (Å²) in [6.07, 6.45) is 4.40. The molecule has 2 N–H and O–H groups in total. The van der Waals surface area contributed by atoms with Gasteiger partial charge in [-0.3, -0.25) is 9.59 Å². The molecule has 0 radical (unpaired) electrons. The molecule has 156 valence electrons. The van der Waals surface area contributed by atoms with Crippen molar-refractivity contribution < 1.29 is 9.59 Å². The number of carbonyl (C=O) groups is 2. The molecule has 0 aliphatic heterocycles. The molecular formula is C21H29N5O2S. The molecule has 0 saturated heterocycles. The number of hydrogen-bond acceptors (Lipinski definition) is 5. The predicted octanol–water partition coefficient (Wildman–Crippen LogP) is 2.68. The van der Waals surface area contributed by atoms with Gasteiger partial charge in [-0.05, 0) is 32.3 Å². The zero-order chi connectivity index (χ0) is 20.7. The largest absolute Gasteiger partial charge is 0.354 e. The lowest BCUT2D eigenvalue weighted by atomic mass is 9.80. The molecule has 1 aromatic heterocycles. The number of thioether (sulfide) groups is 1. The Kier molecular flexibility index (Phi) is 7.30. The average molecular weight is 416 g/mol. The second-order valence-electron chi connectivity index (χ2n) is 7.44. The summed E-state index contributed by atoms with van der Waals surface area (Å²) >= 11 is 1.35. The third-order valence-corrected chi connectivity index (χ3v) is 6.24. The van der Waals surface area contributed by atoms with Crippen LogP contribution in [0.15, 0.2) is 35.5 Å². The SMILES string of the molecule is CCNC(=O)C1(NC(=O)CSc2nnc(C)n2Cc2ccccc2)CCCCC1. The number of nitrogens with zero attached hydrogens (tertiary/aromatic N) is 3. The van der Waals surface area contributed by atoms with Gasteiger partial charge in [0.15, 0.2) is 5.16 Å². The molecular weight excluding hydrogens is 386 g/mol. The third kappa shape index (κ3) is 5.38. The van der Waals surface area contributed by atoms with Crippen LogP contribution in [0.3, 0.4) is 0 Å². The molecule has 29 heavy (non-hydrogen) atoms. The number of nitrogens with one attached hydrogen (secondary N) is 2. The molecule has 0 bridgehead atoms. The summed E-state index contributed by atoms with van der Waals surface area (Å²) in [7, 11) is 0. The van der Waals surface area contributed by atoms with E-state index in [1.165, 1.54) is 11.8 Å². The van der Waals surface area contributed by atoms with Crippen molar-refractivity contribution >= 4 is 23.6 Å². The van der Waals surface area contributed by atoms with Crippen molar-refractivity contribution in [1.82, 2.24) is 25.4 Å². The Balaban J connectivity index is 1.64. The summed E-state index contributed by atoms with van der Waals surface area (Å²) in [6.45, 7) is 5.03. The smallest absolute Gasteiger partial charge is 0.245 e. The van der Waals surface area contributed by atoms with Crippen molar-refractivity contribution in [2.45, 2.75) is 63.2 Å². The fourth-order valence-electron chi connectivity index (χ4n) is 3.74. The van der Waals surface area contributed by atoms with Crippen molar-refractivity contribution in [2.24, 2.45) is 0 Å². The molecule has 1 saturated carbocycles. The number of aromatic nitrogens is 3. The van der Waals surface area contributed by atoms with E-state index in [4.69, 9.17) is 0 Å². The van der Waals surface area contributed by atoms with Gasteiger partial charge in [-0.15, -0.1) is 10.2 Å². The molecule has 3 rings (SSSR count). The Hall–Kier alpha value is -2.35.